The number of nitrogens with zero attached hydrogens (tertiary/aromatic N) is 2. The van der Waals surface area contributed by atoms with Crippen molar-refractivity contribution < 1.29 is 18.0 Å². The lowest BCUT2D eigenvalue weighted by molar-refractivity contribution is -0.136. The molecule has 2 amide bonds. The number of nitrogens with one attached hydrogen (secondary N) is 1. The summed E-state index contributed by atoms with van der Waals surface area (Å²) in [7, 11) is -3.74. The summed E-state index contributed by atoms with van der Waals surface area (Å²) in [5.74, 6) is -1.99. The number of rotatable bonds is 9. The maximum Gasteiger partial charge on any atom is 0.246 e. The van der Waals surface area contributed by atoms with Crippen molar-refractivity contribution in [2.24, 2.45) is 0 Å². The highest BCUT2D eigenvalue weighted by Gasteiger charge is 2.28. The van der Waals surface area contributed by atoms with Crippen molar-refractivity contribution >= 4 is 27.3 Å². The molecule has 7 nitrogen and oxygen atoms in total. The van der Waals surface area contributed by atoms with E-state index in [0.29, 0.717) is 23.2 Å². The Labute approximate surface area is 177 Å². The average molecular weight is 428 g/mol. The Morgan fingerprint density at radius 3 is 2.30 bits per heavy atom. The van der Waals surface area contributed by atoms with Crippen molar-refractivity contribution in [2.75, 3.05) is 17.6 Å². The van der Waals surface area contributed by atoms with Crippen molar-refractivity contribution in [2.45, 2.75) is 32.1 Å². The number of anilines is 1. The van der Waals surface area contributed by atoms with Gasteiger partial charge in [-0.1, -0.05) is 37.3 Å². The number of hydrogen-bond acceptors (Lipinski definition) is 5. The third-order valence-corrected chi connectivity index (χ3v) is 5.95. The number of benzene rings is 2. The van der Waals surface area contributed by atoms with Crippen LogP contribution in [-0.2, 0) is 25.2 Å². The lowest BCUT2D eigenvalue weighted by Gasteiger charge is -2.28. The second-order valence-corrected chi connectivity index (χ2v) is 9.02. The van der Waals surface area contributed by atoms with Crippen LogP contribution in [0.3, 0.4) is 0 Å². The van der Waals surface area contributed by atoms with E-state index in [2.05, 4.69) is 5.32 Å². The minimum atomic E-state index is -3.74. The fourth-order valence-electron chi connectivity index (χ4n) is 2.94. The topological polar surface area (TPSA) is 107 Å². The fourth-order valence-corrected chi connectivity index (χ4v) is 4.28. The van der Waals surface area contributed by atoms with Gasteiger partial charge in [-0.3, -0.25) is 9.59 Å². The van der Waals surface area contributed by atoms with E-state index in [-0.39, 0.29) is 18.2 Å². The van der Waals surface area contributed by atoms with Crippen LogP contribution < -0.4 is 5.32 Å². The smallest absolute Gasteiger partial charge is 0.246 e. The van der Waals surface area contributed by atoms with Crippen LogP contribution in [0.5, 0.6) is 0 Å². The van der Waals surface area contributed by atoms with Gasteiger partial charge < -0.3 is 10.2 Å². The molecular weight excluding hydrogens is 402 g/mol. The number of para-hydroxylation sites is 1. The number of hydrogen-bond donors (Lipinski definition) is 1. The van der Waals surface area contributed by atoms with E-state index >= 15 is 0 Å². The molecule has 158 valence electrons. The lowest BCUT2D eigenvalue weighted by Crippen LogP contribution is -2.48. The van der Waals surface area contributed by atoms with E-state index in [1.165, 1.54) is 17.0 Å². The van der Waals surface area contributed by atoms with Gasteiger partial charge in [0.25, 0.3) is 0 Å². The summed E-state index contributed by atoms with van der Waals surface area (Å²) in [6.45, 7) is 3.71. The Kier molecular flexibility index (Phi) is 8.13. The summed E-state index contributed by atoms with van der Waals surface area (Å²) in [5, 5.41) is 11.6. The molecule has 0 aliphatic heterocycles. The normalized spacial score (nSPS) is 11.9. The Morgan fingerprint density at radius 1 is 1.10 bits per heavy atom. The molecule has 1 N–H and O–H groups in total. The van der Waals surface area contributed by atoms with Crippen molar-refractivity contribution in [1.82, 2.24) is 4.90 Å². The van der Waals surface area contributed by atoms with Crippen LogP contribution in [0.4, 0.5) is 5.69 Å². The second kappa shape index (κ2) is 10.6. The number of carbonyl (C=O) groups is 2. The summed E-state index contributed by atoms with van der Waals surface area (Å²) < 4.78 is 25.1. The summed E-state index contributed by atoms with van der Waals surface area (Å²) >= 11 is 0. The summed E-state index contributed by atoms with van der Waals surface area (Å²) in [5.41, 5.74) is 1.53. The van der Waals surface area contributed by atoms with Crippen LogP contribution in [0.2, 0.25) is 0 Å². The van der Waals surface area contributed by atoms with E-state index in [0.717, 1.165) is 0 Å². The number of nitriles is 1. The van der Waals surface area contributed by atoms with Crippen LogP contribution in [0, 0.1) is 11.3 Å². The number of carbonyl (C=O) groups excluding carboxylic acids is 2. The SMILES string of the molecule is CCCN(C(=O)CS(=O)(=O)Cc1ccc(C#N)cc1)C(C)C(=O)Nc1ccccc1. The molecule has 0 spiro atoms. The van der Waals surface area contributed by atoms with Gasteiger partial charge in [-0.25, -0.2) is 8.42 Å². The quantitative estimate of drug-likeness (QED) is 0.662. The van der Waals surface area contributed by atoms with Crippen LogP contribution in [0.1, 0.15) is 31.4 Å². The molecule has 0 aromatic heterocycles. The molecule has 0 bridgehead atoms. The van der Waals surface area contributed by atoms with Crippen molar-refractivity contribution in [3.63, 3.8) is 0 Å². The number of amides is 2. The molecule has 1 atom stereocenters. The minimum Gasteiger partial charge on any atom is -0.330 e. The third kappa shape index (κ3) is 6.71. The Morgan fingerprint density at radius 2 is 1.73 bits per heavy atom. The molecule has 0 saturated heterocycles. The zero-order valence-corrected chi connectivity index (χ0v) is 17.9. The van der Waals surface area contributed by atoms with Gasteiger partial charge >= 0.3 is 0 Å². The molecule has 0 heterocycles. The summed E-state index contributed by atoms with van der Waals surface area (Å²) in [6, 6.07) is 16.2. The van der Waals surface area contributed by atoms with E-state index in [1.54, 1.807) is 43.3 Å². The van der Waals surface area contributed by atoms with Gasteiger partial charge in [-0.2, -0.15) is 5.26 Å². The highest BCUT2D eigenvalue weighted by Crippen LogP contribution is 2.12. The molecule has 30 heavy (non-hydrogen) atoms. The van der Waals surface area contributed by atoms with Crippen molar-refractivity contribution in [1.29, 1.82) is 5.26 Å². The van der Waals surface area contributed by atoms with Crippen LogP contribution in [-0.4, -0.2) is 43.5 Å². The van der Waals surface area contributed by atoms with Gasteiger partial charge in [0.05, 0.1) is 17.4 Å². The zero-order valence-electron chi connectivity index (χ0n) is 17.0. The Hall–Kier alpha value is -3.18. The molecule has 1 unspecified atom stereocenters. The zero-order chi connectivity index (χ0) is 22.1. The largest absolute Gasteiger partial charge is 0.330 e. The van der Waals surface area contributed by atoms with Crippen LogP contribution in [0.25, 0.3) is 0 Å². The molecule has 2 aromatic rings. The Bertz CT molecular complexity index is 1010. The summed E-state index contributed by atoms with van der Waals surface area (Å²) in [6.07, 6.45) is 0.588. The molecule has 8 heteroatoms. The first-order valence-electron chi connectivity index (χ1n) is 9.60. The summed E-state index contributed by atoms with van der Waals surface area (Å²) in [4.78, 5) is 26.6. The molecule has 2 rings (SSSR count). The van der Waals surface area contributed by atoms with Gasteiger partial charge in [-0.05, 0) is 43.2 Å². The first-order valence-corrected chi connectivity index (χ1v) is 11.4. The molecule has 0 radical (unpaired) electrons. The first kappa shape index (κ1) is 23.1. The van der Waals surface area contributed by atoms with Gasteiger partial charge in [0, 0.05) is 12.2 Å². The van der Waals surface area contributed by atoms with E-state index in [1.807, 2.05) is 19.1 Å². The fraction of sp³-hybridized carbons (Fsp3) is 0.318. The minimum absolute atomic E-state index is 0.272. The maximum atomic E-state index is 12.8. The average Bonchev–Trinajstić information content (AvgIpc) is 2.72. The lowest BCUT2D eigenvalue weighted by atomic mass is 10.2. The molecule has 0 fully saturated rings. The molecule has 0 aliphatic carbocycles. The van der Waals surface area contributed by atoms with Crippen molar-refractivity contribution in [3.05, 3.63) is 65.7 Å². The molecule has 2 aromatic carbocycles. The van der Waals surface area contributed by atoms with E-state index < -0.39 is 27.5 Å². The van der Waals surface area contributed by atoms with Gasteiger partial charge in [0.1, 0.15) is 11.8 Å². The standard InChI is InChI=1S/C22H25N3O4S/c1-3-13-25(17(2)22(27)24-20-7-5-4-6-8-20)21(26)16-30(28,29)15-19-11-9-18(14-23)10-12-19/h4-12,17H,3,13,15-16H2,1-2H3,(H,24,27). The first-order chi connectivity index (χ1) is 14.3. The van der Waals surface area contributed by atoms with E-state index in [4.69, 9.17) is 5.26 Å². The monoisotopic (exact) mass is 427 g/mol. The molecular formula is C22H25N3O4S. The van der Waals surface area contributed by atoms with Gasteiger partial charge in [-0.15, -0.1) is 0 Å². The molecule has 0 aliphatic rings. The highest BCUT2D eigenvalue weighted by atomic mass is 32.2. The van der Waals surface area contributed by atoms with Gasteiger partial charge in [0.15, 0.2) is 9.84 Å². The van der Waals surface area contributed by atoms with Crippen LogP contribution in [0.15, 0.2) is 54.6 Å². The number of sulfone groups is 1. The predicted molar refractivity (Wildman–Crippen MR) is 115 cm³/mol. The third-order valence-electron chi connectivity index (χ3n) is 4.49. The highest BCUT2D eigenvalue weighted by molar-refractivity contribution is 7.91. The second-order valence-electron chi connectivity index (χ2n) is 6.96. The Balaban J connectivity index is 2.07. The maximum absolute atomic E-state index is 12.8. The van der Waals surface area contributed by atoms with Crippen LogP contribution >= 0.6 is 0 Å². The van der Waals surface area contributed by atoms with Crippen molar-refractivity contribution in [3.8, 4) is 6.07 Å². The predicted octanol–water partition coefficient (Wildman–Crippen LogP) is 2.74. The van der Waals surface area contributed by atoms with E-state index in [9.17, 15) is 18.0 Å². The van der Waals surface area contributed by atoms with Gasteiger partial charge in [0.2, 0.25) is 11.8 Å². The molecule has 0 saturated carbocycles.